The predicted octanol–water partition coefficient (Wildman–Crippen LogP) is 2.96. The van der Waals surface area contributed by atoms with Crippen molar-refractivity contribution in [2.45, 2.75) is 40.5 Å². The lowest BCUT2D eigenvalue weighted by Crippen LogP contribution is -2.29. The van der Waals surface area contributed by atoms with Crippen molar-refractivity contribution in [1.82, 2.24) is 4.98 Å². The van der Waals surface area contributed by atoms with Gasteiger partial charge in [-0.15, -0.1) is 0 Å². The van der Waals surface area contributed by atoms with Gasteiger partial charge in [0.2, 0.25) is 0 Å². The number of aryl methyl sites for hydroxylation is 2. The van der Waals surface area contributed by atoms with E-state index in [1.165, 1.54) is 0 Å². The Balaban J connectivity index is 3.29. The minimum Gasteiger partial charge on any atom is -0.389 e. The van der Waals surface area contributed by atoms with E-state index in [0.29, 0.717) is 4.99 Å². The summed E-state index contributed by atoms with van der Waals surface area (Å²) in [6, 6.07) is 2.04. The molecule has 1 heterocycles. The van der Waals surface area contributed by atoms with Gasteiger partial charge in [-0.05, 0) is 38.3 Å². The minimum absolute atomic E-state index is 0.437. The summed E-state index contributed by atoms with van der Waals surface area (Å²) in [7, 11) is 0. The van der Waals surface area contributed by atoms with Gasteiger partial charge in [0.15, 0.2) is 0 Å². The van der Waals surface area contributed by atoms with Gasteiger partial charge in [0.1, 0.15) is 10.8 Å². The fourth-order valence-corrected chi connectivity index (χ4v) is 2.47. The third-order valence-electron chi connectivity index (χ3n) is 2.86. The number of pyridine rings is 1. The number of anilines is 1. The quantitative estimate of drug-likeness (QED) is 0.803. The predicted molar refractivity (Wildman–Crippen MR) is 82.4 cm³/mol. The number of hydrogen-bond acceptors (Lipinski definition) is 3. The molecule has 3 nitrogen and oxygen atoms in total. The zero-order valence-corrected chi connectivity index (χ0v) is 12.6. The molecule has 18 heavy (non-hydrogen) atoms. The van der Waals surface area contributed by atoms with Crippen molar-refractivity contribution in [3.05, 3.63) is 22.9 Å². The largest absolute Gasteiger partial charge is 0.389 e. The molecule has 4 heteroatoms. The standard InChI is InChI=1S/C14H23N3S/c1-5-7-17(8-6-2)14-12(13(15)18)10(3)9-11(4)16-14/h9H,5-8H2,1-4H3,(H2,15,18). The second kappa shape index (κ2) is 6.69. The van der Waals surface area contributed by atoms with Crippen LogP contribution in [0.5, 0.6) is 0 Å². The molecule has 0 aliphatic rings. The van der Waals surface area contributed by atoms with Gasteiger partial charge in [-0.25, -0.2) is 4.98 Å². The summed E-state index contributed by atoms with van der Waals surface area (Å²) in [6.07, 6.45) is 2.18. The van der Waals surface area contributed by atoms with E-state index < -0.39 is 0 Å². The molecule has 0 atom stereocenters. The van der Waals surface area contributed by atoms with Gasteiger partial charge in [0.25, 0.3) is 0 Å². The Morgan fingerprint density at radius 2 is 1.83 bits per heavy atom. The second-order valence-electron chi connectivity index (χ2n) is 4.63. The van der Waals surface area contributed by atoms with Crippen LogP contribution in [0.3, 0.4) is 0 Å². The van der Waals surface area contributed by atoms with Gasteiger partial charge in [0, 0.05) is 18.8 Å². The van der Waals surface area contributed by atoms with Crippen LogP contribution < -0.4 is 10.6 Å². The zero-order valence-electron chi connectivity index (χ0n) is 11.8. The highest BCUT2D eigenvalue weighted by atomic mass is 32.1. The summed E-state index contributed by atoms with van der Waals surface area (Å²) in [5.74, 6) is 0.948. The Morgan fingerprint density at radius 1 is 1.28 bits per heavy atom. The topological polar surface area (TPSA) is 42.2 Å². The highest BCUT2D eigenvalue weighted by molar-refractivity contribution is 7.80. The lowest BCUT2D eigenvalue weighted by Gasteiger charge is -2.26. The van der Waals surface area contributed by atoms with Crippen molar-refractivity contribution >= 4 is 23.0 Å². The van der Waals surface area contributed by atoms with Crippen molar-refractivity contribution in [3.63, 3.8) is 0 Å². The van der Waals surface area contributed by atoms with Crippen LogP contribution in [-0.2, 0) is 0 Å². The molecule has 0 saturated carbocycles. The molecule has 1 aromatic heterocycles. The molecule has 0 amide bonds. The van der Waals surface area contributed by atoms with Crippen LogP contribution in [0, 0.1) is 13.8 Å². The van der Waals surface area contributed by atoms with Crippen LogP contribution >= 0.6 is 12.2 Å². The van der Waals surface area contributed by atoms with E-state index in [0.717, 1.165) is 48.6 Å². The molecule has 1 aromatic rings. The summed E-state index contributed by atoms with van der Waals surface area (Å²) in [6.45, 7) is 10.4. The first-order valence-electron chi connectivity index (χ1n) is 6.54. The number of aromatic nitrogens is 1. The molecule has 0 radical (unpaired) electrons. The van der Waals surface area contributed by atoms with Crippen molar-refractivity contribution in [2.24, 2.45) is 5.73 Å². The smallest absolute Gasteiger partial charge is 0.139 e. The van der Waals surface area contributed by atoms with Crippen LogP contribution in [0.25, 0.3) is 0 Å². The molecule has 0 fully saturated rings. The molecular formula is C14H23N3S. The lowest BCUT2D eigenvalue weighted by atomic mass is 10.1. The Kier molecular flexibility index (Phi) is 5.54. The minimum atomic E-state index is 0.437. The van der Waals surface area contributed by atoms with Crippen molar-refractivity contribution in [1.29, 1.82) is 0 Å². The van der Waals surface area contributed by atoms with E-state index in [2.05, 4.69) is 23.7 Å². The average molecular weight is 265 g/mol. The molecule has 1 rings (SSSR count). The lowest BCUT2D eigenvalue weighted by molar-refractivity contribution is 0.731. The highest BCUT2D eigenvalue weighted by Crippen LogP contribution is 2.23. The van der Waals surface area contributed by atoms with E-state index >= 15 is 0 Å². The van der Waals surface area contributed by atoms with Gasteiger partial charge in [-0.2, -0.15) is 0 Å². The molecule has 0 spiro atoms. The van der Waals surface area contributed by atoms with E-state index in [4.69, 9.17) is 18.0 Å². The number of nitrogens with two attached hydrogens (primary N) is 1. The van der Waals surface area contributed by atoms with Crippen molar-refractivity contribution in [3.8, 4) is 0 Å². The van der Waals surface area contributed by atoms with E-state index in [-0.39, 0.29) is 0 Å². The fraction of sp³-hybridized carbons (Fsp3) is 0.571. The Morgan fingerprint density at radius 3 is 2.28 bits per heavy atom. The van der Waals surface area contributed by atoms with Gasteiger partial charge >= 0.3 is 0 Å². The Hall–Kier alpha value is -1.16. The molecule has 0 unspecified atom stereocenters. The van der Waals surface area contributed by atoms with Gasteiger partial charge in [-0.3, -0.25) is 0 Å². The van der Waals surface area contributed by atoms with Gasteiger partial charge in [-0.1, -0.05) is 26.1 Å². The average Bonchev–Trinajstić information content (AvgIpc) is 2.26. The highest BCUT2D eigenvalue weighted by Gasteiger charge is 2.16. The first-order chi connectivity index (χ1) is 8.51. The monoisotopic (exact) mass is 265 g/mol. The van der Waals surface area contributed by atoms with Crippen LogP contribution in [0.4, 0.5) is 5.82 Å². The molecule has 0 saturated heterocycles. The van der Waals surface area contributed by atoms with E-state index in [1.54, 1.807) is 0 Å². The first-order valence-corrected chi connectivity index (χ1v) is 6.95. The molecule has 100 valence electrons. The molecule has 0 aromatic carbocycles. The SMILES string of the molecule is CCCN(CCC)c1nc(C)cc(C)c1C(N)=S. The van der Waals surface area contributed by atoms with Crippen LogP contribution in [-0.4, -0.2) is 23.1 Å². The van der Waals surface area contributed by atoms with Crippen LogP contribution in [0.15, 0.2) is 6.07 Å². The fourth-order valence-electron chi connectivity index (χ4n) is 2.21. The Labute approximate surface area is 115 Å². The molecule has 0 aliphatic carbocycles. The summed E-state index contributed by atoms with van der Waals surface area (Å²) in [4.78, 5) is 7.37. The van der Waals surface area contributed by atoms with Gasteiger partial charge < -0.3 is 10.6 Å². The third kappa shape index (κ3) is 3.42. The Bertz CT molecular complexity index is 423. The summed E-state index contributed by atoms with van der Waals surface area (Å²) < 4.78 is 0. The summed E-state index contributed by atoms with van der Waals surface area (Å²) in [5, 5.41) is 0. The summed E-state index contributed by atoms with van der Waals surface area (Å²) >= 11 is 5.18. The maximum absolute atomic E-state index is 5.86. The van der Waals surface area contributed by atoms with E-state index in [1.807, 2.05) is 19.9 Å². The van der Waals surface area contributed by atoms with E-state index in [9.17, 15) is 0 Å². The summed E-state index contributed by atoms with van der Waals surface area (Å²) in [5.41, 5.74) is 8.92. The third-order valence-corrected chi connectivity index (χ3v) is 3.06. The number of nitrogens with zero attached hydrogens (tertiary/aromatic N) is 2. The number of hydrogen-bond donors (Lipinski definition) is 1. The van der Waals surface area contributed by atoms with Crippen molar-refractivity contribution in [2.75, 3.05) is 18.0 Å². The number of rotatable bonds is 6. The van der Waals surface area contributed by atoms with Crippen LogP contribution in [0.2, 0.25) is 0 Å². The molecule has 2 N–H and O–H groups in total. The molecule has 0 aliphatic heterocycles. The first kappa shape index (κ1) is 14.9. The van der Waals surface area contributed by atoms with Crippen LogP contribution in [0.1, 0.15) is 43.5 Å². The number of thiocarbonyl (C=S) groups is 1. The maximum atomic E-state index is 5.86. The molecule has 0 bridgehead atoms. The molecular weight excluding hydrogens is 242 g/mol. The normalized spacial score (nSPS) is 10.4. The maximum Gasteiger partial charge on any atom is 0.139 e. The second-order valence-corrected chi connectivity index (χ2v) is 5.07. The van der Waals surface area contributed by atoms with Crippen molar-refractivity contribution < 1.29 is 0 Å². The zero-order chi connectivity index (χ0) is 13.7. The van der Waals surface area contributed by atoms with Gasteiger partial charge in [0.05, 0.1) is 5.56 Å².